The molecule has 0 bridgehead atoms. The first-order chi connectivity index (χ1) is 7.72. The van der Waals surface area contributed by atoms with Gasteiger partial charge < -0.3 is 10.2 Å². The Hall–Kier alpha value is -0.0800. The van der Waals surface area contributed by atoms with E-state index in [4.69, 9.17) is 0 Å². The second-order valence-corrected chi connectivity index (χ2v) is 4.83. The summed E-state index contributed by atoms with van der Waals surface area (Å²) in [5.41, 5.74) is 0. The summed E-state index contributed by atoms with van der Waals surface area (Å²) in [4.78, 5) is 0. The molecule has 98 valence electrons. The van der Waals surface area contributed by atoms with Gasteiger partial charge in [-0.1, -0.05) is 65.2 Å². The van der Waals surface area contributed by atoms with Gasteiger partial charge in [0.15, 0.2) is 0 Å². The average Bonchev–Trinajstić information content (AvgIpc) is 2.29. The van der Waals surface area contributed by atoms with Gasteiger partial charge in [0.05, 0.1) is 12.2 Å². The number of hydrogen-bond donors (Lipinski definition) is 2. The topological polar surface area (TPSA) is 40.5 Å². The number of aliphatic hydroxyl groups is 2. The maximum absolute atomic E-state index is 9.72. The molecule has 0 rings (SSSR count). The van der Waals surface area contributed by atoms with E-state index >= 15 is 0 Å². The lowest BCUT2D eigenvalue weighted by Gasteiger charge is -2.17. The molecule has 0 radical (unpaired) electrons. The summed E-state index contributed by atoms with van der Waals surface area (Å²) in [5.74, 6) is 0. The Labute approximate surface area is 101 Å². The molecule has 0 unspecified atom stereocenters. The Morgan fingerprint density at radius 1 is 0.625 bits per heavy atom. The molecule has 2 atom stereocenters. The molecule has 0 aromatic carbocycles. The van der Waals surface area contributed by atoms with Gasteiger partial charge in [0.1, 0.15) is 0 Å². The van der Waals surface area contributed by atoms with E-state index < -0.39 is 12.2 Å². The zero-order valence-corrected chi connectivity index (χ0v) is 11.1. The maximum atomic E-state index is 9.72. The third-order valence-electron chi connectivity index (χ3n) is 3.15. The van der Waals surface area contributed by atoms with Crippen LogP contribution in [0.25, 0.3) is 0 Å². The molecule has 2 heteroatoms. The number of rotatable bonds is 11. The van der Waals surface area contributed by atoms with E-state index in [9.17, 15) is 10.2 Å². The summed E-state index contributed by atoms with van der Waals surface area (Å²) in [6.07, 6.45) is 9.86. The van der Waals surface area contributed by atoms with Crippen LogP contribution in [0.3, 0.4) is 0 Å². The van der Waals surface area contributed by atoms with Gasteiger partial charge in [0, 0.05) is 0 Å². The summed E-state index contributed by atoms with van der Waals surface area (Å²) in [5, 5.41) is 19.4. The van der Waals surface area contributed by atoms with Crippen LogP contribution >= 0.6 is 0 Å². The molecule has 0 aliphatic carbocycles. The lowest BCUT2D eigenvalue weighted by Crippen LogP contribution is -2.25. The quantitative estimate of drug-likeness (QED) is 0.532. The highest BCUT2D eigenvalue weighted by Gasteiger charge is 2.14. The minimum Gasteiger partial charge on any atom is -0.390 e. The molecule has 0 aliphatic rings. The monoisotopic (exact) mass is 230 g/mol. The van der Waals surface area contributed by atoms with Crippen molar-refractivity contribution in [3.8, 4) is 0 Å². The van der Waals surface area contributed by atoms with Crippen LogP contribution in [0.4, 0.5) is 0 Å². The Balaban J connectivity index is 3.38. The molecule has 2 N–H and O–H groups in total. The molecule has 0 spiro atoms. The van der Waals surface area contributed by atoms with Gasteiger partial charge in [0.2, 0.25) is 0 Å². The molecule has 16 heavy (non-hydrogen) atoms. The highest BCUT2D eigenvalue weighted by atomic mass is 16.3. The van der Waals surface area contributed by atoms with Crippen LogP contribution in [0.1, 0.15) is 78.1 Å². The summed E-state index contributed by atoms with van der Waals surface area (Å²) in [7, 11) is 0. The van der Waals surface area contributed by atoms with E-state index in [1.807, 2.05) is 0 Å². The predicted molar refractivity (Wildman–Crippen MR) is 69.5 cm³/mol. The first-order valence-electron chi connectivity index (χ1n) is 7.08. The second-order valence-electron chi connectivity index (χ2n) is 4.83. The minimum absolute atomic E-state index is 0.501. The average molecular weight is 230 g/mol. The third kappa shape index (κ3) is 9.17. The van der Waals surface area contributed by atoms with Crippen LogP contribution in [0.2, 0.25) is 0 Å². The van der Waals surface area contributed by atoms with E-state index in [-0.39, 0.29) is 0 Å². The SMILES string of the molecule is CCCCCC[C@@H](O)[C@@H](O)CCCCCC. The summed E-state index contributed by atoms with van der Waals surface area (Å²) < 4.78 is 0. The fraction of sp³-hybridized carbons (Fsp3) is 1.00. The van der Waals surface area contributed by atoms with Crippen LogP contribution in [0, 0.1) is 0 Å². The van der Waals surface area contributed by atoms with Crippen molar-refractivity contribution in [3.63, 3.8) is 0 Å². The van der Waals surface area contributed by atoms with E-state index in [2.05, 4.69) is 13.8 Å². The Morgan fingerprint density at radius 2 is 1.00 bits per heavy atom. The van der Waals surface area contributed by atoms with Crippen molar-refractivity contribution >= 4 is 0 Å². The molecule has 0 aliphatic heterocycles. The zero-order valence-electron chi connectivity index (χ0n) is 11.1. The Morgan fingerprint density at radius 3 is 1.31 bits per heavy atom. The fourth-order valence-corrected chi connectivity index (χ4v) is 1.95. The Kier molecular flexibility index (Phi) is 11.3. The molecule has 2 nitrogen and oxygen atoms in total. The van der Waals surface area contributed by atoms with E-state index in [1.165, 1.54) is 38.5 Å². The molecule has 0 aromatic heterocycles. The van der Waals surface area contributed by atoms with Crippen LogP contribution in [0.15, 0.2) is 0 Å². The van der Waals surface area contributed by atoms with Crippen molar-refractivity contribution in [2.24, 2.45) is 0 Å². The standard InChI is InChI=1S/C14H30O2/c1-3-5-7-9-11-13(15)14(16)12-10-8-6-4-2/h13-16H,3-12H2,1-2H3/t13-,14+. The molecule has 0 saturated carbocycles. The molecular formula is C14H30O2. The van der Waals surface area contributed by atoms with Crippen LogP contribution in [-0.2, 0) is 0 Å². The largest absolute Gasteiger partial charge is 0.390 e. The molecule has 0 saturated heterocycles. The first kappa shape index (κ1) is 15.9. The van der Waals surface area contributed by atoms with Crippen molar-refractivity contribution in [2.75, 3.05) is 0 Å². The van der Waals surface area contributed by atoms with Gasteiger partial charge in [-0.15, -0.1) is 0 Å². The second kappa shape index (κ2) is 11.4. The van der Waals surface area contributed by atoms with Crippen LogP contribution < -0.4 is 0 Å². The summed E-state index contributed by atoms with van der Waals surface area (Å²) >= 11 is 0. The van der Waals surface area contributed by atoms with Crippen molar-refractivity contribution in [3.05, 3.63) is 0 Å². The molecular weight excluding hydrogens is 200 g/mol. The highest BCUT2D eigenvalue weighted by molar-refractivity contribution is 4.67. The van der Waals surface area contributed by atoms with E-state index in [0.717, 1.165) is 25.7 Å². The highest BCUT2D eigenvalue weighted by Crippen LogP contribution is 2.13. The predicted octanol–water partition coefficient (Wildman–Crippen LogP) is 3.65. The van der Waals surface area contributed by atoms with Gasteiger partial charge in [0.25, 0.3) is 0 Å². The lowest BCUT2D eigenvalue weighted by molar-refractivity contribution is 0.00715. The van der Waals surface area contributed by atoms with Crippen LogP contribution in [-0.4, -0.2) is 22.4 Å². The van der Waals surface area contributed by atoms with Gasteiger partial charge in [-0.05, 0) is 12.8 Å². The number of unbranched alkanes of at least 4 members (excludes halogenated alkanes) is 6. The van der Waals surface area contributed by atoms with Gasteiger partial charge in [-0.2, -0.15) is 0 Å². The lowest BCUT2D eigenvalue weighted by atomic mass is 10.0. The fourth-order valence-electron chi connectivity index (χ4n) is 1.95. The van der Waals surface area contributed by atoms with Crippen LogP contribution in [0.5, 0.6) is 0 Å². The van der Waals surface area contributed by atoms with E-state index in [1.54, 1.807) is 0 Å². The number of hydrogen-bond acceptors (Lipinski definition) is 2. The van der Waals surface area contributed by atoms with Gasteiger partial charge in [-0.25, -0.2) is 0 Å². The van der Waals surface area contributed by atoms with Crippen molar-refractivity contribution in [1.82, 2.24) is 0 Å². The van der Waals surface area contributed by atoms with Gasteiger partial charge in [-0.3, -0.25) is 0 Å². The van der Waals surface area contributed by atoms with Crippen molar-refractivity contribution < 1.29 is 10.2 Å². The molecule has 0 heterocycles. The summed E-state index contributed by atoms with van der Waals surface area (Å²) in [6.45, 7) is 4.36. The first-order valence-corrected chi connectivity index (χ1v) is 7.08. The smallest absolute Gasteiger partial charge is 0.0799 e. The van der Waals surface area contributed by atoms with Crippen molar-refractivity contribution in [2.45, 2.75) is 90.3 Å². The van der Waals surface area contributed by atoms with E-state index in [0.29, 0.717) is 0 Å². The molecule has 0 aromatic rings. The van der Waals surface area contributed by atoms with Gasteiger partial charge >= 0.3 is 0 Å². The number of aliphatic hydroxyl groups excluding tert-OH is 2. The Bertz CT molecular complexity index is 121. The molecule has 0 amide bonds. The normalized spacial score (nSPS) is 15.0. The molecule has 0 fully saturated rings. The van der Waals surface area contributed by atoms with Crippen molar-refractivity contribution in [1.29, 1.82) is 0 Å². The summed E-state index contributed by atoms with van der Waals surface area (Å²) in [6, 6.07) is 0. The zero-order chi connectivity index (χ0) is 12.2. The minimum atomic E-state index is -0.501. The third-order valence-corrected chi connectivity index (χ3v) is 3.15. The maximum Gasteiger partial charge on any atom is 0.0799 e.